The molecule has 0 bridgehead atoms. The SMILES string of the molecule is O=C1N([C@@H]2CCC[C@@H](O)C2)c2nc(Nc3c[nH]nc3C(F)F)ncc2C12CC2. The fourth-order valence-electron chi connectivity index (χ4n) is 4.40. The van der Waals surface area contributed by atoms with Gasteiger partial charge in [-0.25, -0.2) is 13.8 Å². The molecule has 2 atom stereocenters. The van der Waals surface area contributed by atoms with Crippen LogP contribution in [0.5, 0.6) is 0 Å². The Hall–Kier alpha value is -2.62. The van der Waals surface area contributed by atoms with Crippen molar-refractivity contribution in [2.45, 2.75) is 62.5 Å². The van der Waals surface area contributed by atoms with Crippen LogP contribution in [-0.4, -0.2) is 43.3 Å². The molecular weight excluding hydrogens is 370 g/mol. The summed E-state index contributed by atoms with van der Waals surface area (Å²) in [6, 6.07) is -0.108. The van der Waals surface area contributed by atoms with Crippen molar-refractivity contribution in [3.8, 4) is 0 Å². The van der Waals surface area contributed by atoms with Crippen molar-refractivity contribution >= 4 is 23.4 Å². The average molecular weight is 390 g/mol. The maximum absolute atomic E-state index is 13.2. The molecule has 0 unspecified atom stereocenters. The first-order valence-electron chi connectivity index (χ1n) is 9.48. The van der Waals surface area contributed by atoms with E-state index in [0.717, 1.165) is 37.7 Å². The van der Waals surface area contributed by atoms with Gasteiger partial charge in [0.25, 0.3) is 6.43 Å². The number of carbonyl (C=O) groups is 1. The second-order valence-corrected chi connectivity index (χ2v) is 7.77. The Kier molecular flexibility index (Phi) is 3.87. The van der Waals surface area contributed by atoms with Gasteiger partial charge < -0.3 is 10.4 Å². The van der Waals surface area contributed by atoms with Crippen molar-refractivity contribution in [3.05, 3.63) is 23.7 Å². The number of H-pyrrole nitrogens is 1. The number of aliphatic hydroxyl groups excluding tert-OH is 1. The van der Waals surface area contributed by atoms with Gasteiger partial charge in [0.15, 0.2) is 5.69 Å². The fraction of sp³-hybridized carbons (Fsp3) is 0.556. The molecule has 2 aromatic rings. The van der Waals surface area contributed by atoms with Crippen LogP contribution in [0.25, 0.3) is 0 Å². The number of aromatic amines is 1. The molecule has 2 fully saturated rings. The Morgan fingerprint density at radius 1 is 1.36 bits per heavy atom. The summed E-state index contributed by atoms with van der Waals surface area (Å²) in [6.07, 6.45) is 4.22. The van der Waals surface area contributed by atoms with Gasteiger partial charge in [0.05, 0.1) is 17.2 Å². The predicted octanol–water partition coefficient (Wildman–Crippen LogP) is 2.56. The summed E-state index contributed by atoms with van der Waals surface area (Å²) >= 11 is 0. The lowest BCUT2D eigenvalue weighted by atomic mass is 9.92. The van der Waals surface area contributed by atoms with E-state index >= 15 is 0 Å². The second kappa shape index (κ2) is 6.20. The molecule has 10 heteroatoms. The van der Waals surface area contributed by atoms with Crippen molar-refractivity contribution < 1.29 is 18.7 Å². The number of nitrogens with one attached hydrogen (secondary N) is 2. The lowest BCUT2D eigenvalue weighted by Crippen LogP contribution is -2.44. The van der Waals surface area contributed by atoms with Crippen LogP contribution in [0.15, 0.2) is 12.4 Å². The zero-order valence-electron chi connectivity index (χ0n) is 15.0. The van der Waals surface area contributed by atoms with E-state index in [9.17, 15) is 18.7 Å². The smallest absolute Gasteiger partial charge is 0.284 e. The third kappa shape index (κ3) is 2.58. The van der Waals surface area contributed by atoms with Gasteiger partial charge in [-0.15, -0.1) is 0 Å². The maximum Gasteiger partial charge on any atom is 0.284 e. The molecule has 2 aromatic heterocycles. The van der Waals surface area contributed by atoms with Crippen LogP contribution in [0.3, 0.4) is 0 Å². The monoisotopic (exact) mass is 390 g/mol. The summed E-state index contributed by atoms with van der Waals surface area (Å²) < 4.78 is 26.1. The van der Waals surface area contributed by atoms with Gasteiger partial charge in [0, 0.05) is 24.0 Å². The minimum absolute atomic E-state index is 0.0182. The molecule has 3 N–H and O–H groups in total. The highest BCUT2D eigenvalue weighted by Gasteiger charge is 2.61. The predicted molar refractivity (Wildman–Crippen MR) is 95.5 cm³/mol. The molecule has 0 saturated heterocycles. The number of amides is 1. The number of nitrogens with zero attached hydrogens (tertiary/aromatic N) is 4. The van der Waals surface area contributed by atoms with Crippen LogP contribution in [0.1, 0.15) is 56.2 Å². The summed E-state index contributed by atoms with van der Waals surface area (Å²) in [6.45, 7) is 0. The van der Waals surface area contributed by atoms with E-state index in [0.29, 0.717) is 12.2 Å². The lowest BCUT2D eigenvalue weighted by molar-refractivity contribution is -0.121. The number of anilines is 3. The summed E-state index contributed by atoms with van der Waals surface area (Å²) in [5, 5.41) is 18.8. The number of fused-ring (bicyclic) bond motifs is 2. The van der Waals surface area contributed by atoms with Crippen LogP contribution >= 0.6 is 0 Å². The Morgan fingerprint density at radius 2 is 2.18 bits per heavy atom. The Bertz CT molecular complexity index is 929. The minimum atomic E-state index is -2.74. The number of aromatic nitrogens is 4. The molecular formula is C18H20F2N6O2. The summed E-state index contributed by atoms with van der Waals surface area (Å²) in [5.41, 5.74) is -0.0597. The Labute approximate surface area is 159 Å². The van der Waals surface area contributed by atoms with Crippen LogP contribution < -0.4 is 10.2 Å². The quantitative estimate of drug-likeness (QED) is 0.741. The summed E-state index contributed by atoms with van der Waals surface area (Å²) in [7, 11) is 0. The molecule has 2 aliphatic carbocycles. The minimum Gasteiger partial charge on any atom is -0.393 e. The summed E-state index contributed by atoms with van der Waals surface area (Å²) in [5.74, 6) is 0.680. The average Bonchev–Trinajstić information content (AvgIpc) is 3.27. The molecule has 5 rings (SSSR count). The van der Waals surface area contributed by atoms with Gasteiger partial charge in [-0.05, 0) is 38.5 Å². The molecule has 148 valence electrons. The van der Waals surface area contributed by atoms with E-state index in [1.807, 2.05) is 0 Å². The molecule has 1 spiro atoms. The van der Waals surface area contributed by atoms with Crippen molar-refractivity contribution in [1.29, 1.82) is 0 Å². The number of carbonyl (C=O) groups excluding carboxylic acids is 1. The van der Waals surface area contributed by atoms with Gasteiger partial charge in [-0.3, -0.25) is 14.8 Å². The van der Waals surface area contributed by atoms with Crippen molar-refractivity contribution in [2.24, 2.45) is 0 Å². The first kappa shape index (κ1) is 17.5. The van der Waals surface area contributed by atoms with Gasteiger partial charge in [0.1, 0.15) is 5.82 Å². The molecule has 0 radical (unpaired) electrons. The van der Waals surface area contributed by atoms with Gasteiger partial charge in [0.2, 0.25) is 11.9 Å². The van der Waals surface area contributed by atoms with E-state index in [4.69, 9.17) is 0 Å². The van der Waals surface area contributed by atoms with Crippen LogP contribution in [0, 0.1) is 0 Å². The van der Waals surface area contributed by atoms with E-state index in [2.05, 4.69) is 25.5 Å². The highest BCUT2D eigenvalue weighted by atomic mass is 19.3. The first-order chi connectivity index (χ1) is 13.5. The topological polar surface area (TPSA) is 107 Å². The number of hydrogen-bond acceptors (Lipinski definition) is 6. The molecule has 2 saturated carbocycles. The van der Waals surface area contributed by atoms with Gasteiger partial charge >= 0.3 is 0 Å². The molecule has 8 nitrogen and oxygen atoms in total. The molecule has 1 aliphatic heterocycles. The van der Waals surface area contributed by atoms with E-state index < -0.39 is 23.6 Å². The molecule has 0 aromatic carbocycles. The van der Waals surface area contributed by atoms with E-state index in [1.165, 1.54) is 6.20 Å². The van der Waals surface area contributed by atoms with Crippen molar-refractivity contribution in [3.63, 3.8) is 0 Å². The number of hydrogen-bond donors (Lipinski definition) is 3. The zero-order chi connectivity index (χ0) is 19.5. The highest BCUT2D eigenvalue weighted by molar-refractivity contribution is 6.09. The number of halogens is 2. The van der Waals surface area contributed by atoms with Crippen LogP contribution in [-0.2, 0) is 10.2 Å². The third-order valence-electron chi connectivity index (χ3n) is 6.00. The van der Waals surface area contributed by atoms with Crippen molar-refractivity contribution in [2.75, 3.05) is 10.2 Å². The lowest BCUT2D eigenvalue weighted by Gasteiger charge is -2.33. The normalized spacial score (nSPS) is 25.4. The van der Waals surface area contributed by atoms with Crippen molar-refractivity contribution in [1.82, 2.24) is 20.2 Å². The number of alkyl halides is 2. The molecule has 3 aliphatic rings. The second-order valence-electron chi connectivity index (χ2n) is 7.77. The maximum atomic E-state index is 13.2. The van der Waals surface area contributed by atoms with E-state index in [1.54, 1.807) is 11.1 Å². The summed E-state index contributed by atoms with van der Waals surface area (Å²) in [4.78, 5) is 23.6. The zero-order valence-corrected chi connectivity index (χ0v) is 15.0. The van der Waals surface area contributed by atoms with Gasteiger partial charge in [-0.2, -0.15) is 10.1 Å². The molecule has 28 heavy (non-hydrogen) atoms. The number of rotatable bonds is 4. The fourth-order valence-corrected chi connectivity index (χ4v) is 4.40. The first-order valence-corrected chi connectivity index (χ1v) is 9.48. The largest absolute Gasteiger partial charge is 0.393 e. The number of aliphatic hydroxyl groups is 1. The van der Waals surface area contributed by atoms with E-state index in [-0.39, 0.29) is 23.6 Å². The van der Waals surface area contributed by atoms with Gasteiger partial charge in [-0.1, -0.05) is 0 Å². The molecule has 3 heterocycles. The van der Waals surface area contributed by atoms with Crippen LogP contribution in [0.4, 0.5) is 26.2 Å². The standard InChI is InChI=1S/C18H20F2N6O2/c19-14(20)13-12(8-22-25-13)23-17-21-7-11-15(24-17)26(16(28)18(11)4-5-18)9-2-1-3-10(27)6-9/h7-10,14,27H,1-6H2,(H,22,25)(H,21,23,24)/t9-,10-/m1/s1. The third-order valence-corrected chi connectivity index (χ3v) is 6.00. The van der Waals surface area contributed by atoms with Crippen LogP contribution in [0.2, 0.25) is 0 Å². The molecule has 1 amide bonds. The Balaban J connectivity index is 1.50. The highest BCUT2D eigenvalue weighted by Crippen LogP contribution is 2.57. The Morgan fingerprint density at radius 3 is 2.89 bits per heavy atom.